The number of halogens is 2. The summed E-state index contributed by atoms with van der Waals surface area (Å²) < 4.78 is 6.44. The molecule has 1 aromatic rings. The van der Waals surface area contributed by atoms with E-state index in [0.717, 1.165) is 30.2 Å². The molecule has 0 radical (unpaired) electrons. The van der Waals surface area contributed by atoms with Gasteiger partial charge in [0, 0.05) is 4.47 Å². The van der Waals surface area contributed by atoms with E-state index in [1.807, 2.05) is 24.3 Å². The number of hydrogen-bond acceptors (Lipinski definition) is 2. The molecule has 0 N–H and O–H groups in total. The Morgan fingerprint density at radius 3 is 2.30 bits per heavy atom. The predicted octanol–water partition coefficient (Wildman–Crippen LogP) is 5.77. The minimum atomic E-state index is -0.0831. The van der Waals surface area contributed by atoms with Gasteiger partial charge in [-0.1, -0.05) is 55.5 Å². The minimum Gasteiger partial charge on any atom is -0.426 e. The van der Waals surface area contributed by atoms with Gasteiger partial charge in [-0.25, -0.2) is 0 Å². The third-order valence-electron chi connectivity index (χ3n) is 3.16. The fourth-order valence-corrected chi connectivity index (χ4v) is 2.34. The van der Waals surface area contributed by atoms with E-state index in [-0.39, 0.29) is 24.3 Å². The van der Waals surface area contributed by atoms with Crippen molar-refractivity contribution in [3.05, 3.63) is 28.7 Å². The summed E-state index contributed by atoms with van der Waals surface area (Å²) in [5.41, 5.74) is 0. The van der Waals surface area contributed by atoms with Gasteiger partial charge >= 0.3 is 5.97 Å². The van der Waals surface area contributed by atoms with Crippen molar-refractivity contribution in [1.82, 2.24) is 0 Å². The van der Waals surface area contributed by atoms with E-state index in [1.54, 1.807) is 0 Å². The molecule has 20 heavy (non-hydrogen) atoms. The smallest absolute Gasteiger partial charge is 0.314 e. The first-order valence-corrected chi connectivity index (χ1v) is 7.94. The van der Waals surface area contributed by atoms with Crippen molar-refractivity contribution in [2.45, 2.75) is 52.4 Å². The van der Waals surface area contributed by atoms with Crippen molar-refractivity contribution in [2.24, 2.45) is 5.92 Å². The van der Waals surface area contributed by atoms with Crippen LogP contribution in [0.2, 0.25) is 0 Å². The van der Waals surface area contributed by atoms with Crippen LogP contribution in [0.1, 0.15) is 52.4 Å². The molecule has 1 atom stereocenters. The van der Waals surface area contributed by atoms with E-state index in [4.69, 9.17) is 4.74 Å². The second-order valence-corrected chi connectivity index (χ2v) is 5.77. The van der Waals surface area contributed by atoms with Crippen molar-refractivity contribution in [2.75, 3.05) is 0 Å². The first-order chi connectivity index (χ1) is 9.17. The third kappa shape index (κ3) is 7.30. The van der Waals surface area contributed by atoms with Gasteiger partial charge in [-0.2, -0.15) is 0 Å². The van der Waals surface area contributed by atoms with Crippen molar-refractivity contribution in [3.8, 4) is 5.75 Å². The molecule has 0 fully saturated rings. The fourth-order valence-electron chi connectivity index (χ4n) is 2.07. The maximum atomic E-state index is 12.1. The van der Waals surface area contributed by atoms with Crippen molar-refractivity contribution >= 4 is 34.3 Å². The molecule has 4 heteroatoms. The number of esters is 1. The zero-order chi connectivity index (χ0) is 14.1. The van der Waals surface area contributed by atoms with Gasteiger partial charge in [-0.05, 0) is 37.1 Å². The third-order valence-corrected chi connectivity index (χ3v) is 3.69. The average Bonchev–Trinajstić information content (AvgIpc) is 2.40. The van der Waals surface area contributed by atoms with Crippen LogP contribution in [0.3, 0.4) is 0 Å². The Morgan fingerprint density at radius 2 is 1.75 bits per heavy atom. The molecule has 114 valence electrons. The molecule has 0 saturated heterocycles. The quantitative estimate of drug-likeness (QED) is 0.333. The number of benzene rings is 1. The normalized spacial score (nSPS) is 11.6. The zero-order valence-corrected chi connectivity index (χ0v) is 14.6. The highest BCUT2D eigenvalue weighted by Crippen LogP contribution is 2.21. The van der Waals surface area contributed by atoms with Crippen molar-refractivity contribution in [1.29, 1.82) is 0 Å². The van der Waals surface area contributed by atoms with Crippen LogP contribution in [-0.2, 0) is 4.79 Å². The van der Waals surface area contributed by atoms with Gasteiger partial charge in [0.25, 0.3) is 0 Å². The lowest BCUT2D eigenvalue weighted by atomic mass is 9.97. The van der Waals surface area contributed by atoms with Crippen LogP contribution in [0, 0.1) is 5.92 Å². The standard InChI is InChI=1S/C16H23BrO2.ClH/c1-3-5-6-8-13(7-4-2)16(18)19-15-11-9-14(17)10-12-15;/h9-13H,3-8H2,1-2H3;1H. The maximum Gasteiger partial charge on any atom is 0.314 e. The summed E-state index contributed by atoms with van der Waals surface area (Å²) in [6.07, 6.45) is 6.35. The van der Waals surface area contributed by atoms with E-state index in [2.05, 4.69) is 29.8 Å². The van der Waals surface area contributed by atoms with Crippen LogP contribution >= 0.6 is 28.3 Å². The molecule has 0 spiro atoms. The largest absolute Gasteiger partial charge is 0.426 e. The first kappa shape index (κ1) is 19.5. The lowest BCUT2D eigenvalue weighted by molar-refractivity contribution is -0.139. The average molecular weight is 364 g/mol. The van der Waals surface area contributed by atoms with Crippen molar-refractivity contribution < 1.29 is 9.53 Å². The second kappa shape index (κ2) is 11.2. The lowest BCUT2D eigenvalue weighted by Crippen LogP contribution is -2.20. The van der Waals surface area contributed by atoms with Gasteiger partial charge in [0.2, 0.25) is 0 Å². The molecule has 0 aromatic heterocycles. The van der Waals surface area contributed by atoms with Gasteiger partial charge in [0.05, 0.1) is 5.92 Å². The van der Waals surface area contributed by atoms with Gasteiger partial charge in [0.15, 0.2) is 0 Å². The van der Waals surface area contributed by atoms with E-state index in [0.29, 0.717) is 5.75 Å². The highest BCUT2D eigenvalue weighted by Gasteiger charge is 2.19. The molecule has 1 aromatic carbocycles. The number of carbonyl (C=O) groups is 1. The Kier molecular flexibility index (Phi) is 10.9. The molecule has 0 saturated carbocycles. The maximum absolute atomic E-state index is 12.1. The Hall–Kier alpha value is -0.540. The summed E-state index contributed by atoms with van der Waals surface area (Å²) >= 11 is 3.37. The second-order valence-electron chi connectivity index (χ2n) is 4.86. The summed E-state index contributed by atoms with van der Waals surface area (Å²) in [5.74, 6) is 0.588. The van der Waals surface area contributed by atoms with E-state index < -0.39 is 0 Å². The molecule has 0 aliphatic carbocycles. The zero-order valence-electron chi connectivity index (χ0n) is 12.2. The summed E-state index contributed by atoms with van der Waals surface area (Å²) in [4.78, 5) is 12.1. The van der Waals surface area contributed by atoms with Crippen LogP contribution in [0.25, 0.3) is 0 Å². The van der Waals surface area contributed by atoms with Crippen LogP contribution in [-0.4, -0.2) is 5.97 Å². The molecule has 1 unspecified atom stereocenters. The number of carbonyl (C=O) groups excluding carboxylic acids is 1. The number of rotatable bonds is 8. The Labute approximate surface area is 136 Å². The summed E-state index contributed by atoms with van der Waals surface area (Å²) in [6, 6.07) is 7.40. The molecule has 0 heterocycles. The van der Waals surface area contributed by atoms with Gasteiger partial charge in [-0.15, -0.1) is 12.4 Å². The monoisotopic (exact) mass is 362 g/mol. The van der Waals surface area contributed by atoms with Crippen molar-refractivity contribution in [3.63, 3.8) is 0 Å². The fraction of sp³-hybridized carbons (Fsp3) is 0.562. The Balaban J connectivity index is 0.00000361. The van der Waals surface area contributed by atoms with E-state index in [9.17, 15) is 4.79 Å². The molecule has 0 aliphatic heterocycles. The Bertz CT molecular complexity index is 379. The van der Waals surface area contributed by atoms with E-state index in [1.165, 1.54) is 12.8 Å². The van der Waals surface area contributed by atoms with Crippen LogP contribution in [0.4, 0.5) is 0 Å². The molecule has 0 aliphatic rings. The topological polar surface area (TPSA) is 26.3 Å². The molecular formula is C16H24BrClO2. The lowest BCUT2D eigenvalue weighted by Gasteiger charge is -2.14. The van der Waals surface area contributed by atoms with E-state index >= 15 is 0 Å². The molecule has 2 nitrogen and oxygen atoms in total. The summed E-state index contributed by atoms with van der Waals surface area (Å²) in [5, 5.41) is 0. The van der Waals surface area contributed by atoms with Gasteiger partial charge in [0.1, 0.15) is 5.75 Å². The van der Waals surface area contributed by atoms with Crippen LogP contribution in [0.5, 0.6) is 5.75 Å². The predicted molar refractivity (Wildman–Crippen MR) is 89.6 cm³/mol. The summed E-state index contributed by atoms with van der Waals surface area (Å²) in [7, 11) is 0. The molecule has 0 amide bonds. The Morgan fingerprint density at radius 1 is 1.10 bits per heavy atom. The van der Waals surface area contributed by atoms with Gasteiger partial charge < -0.3 is 4.74 Å². The molecule has 0 bridgehead atoms. The minimum absolute atomic E-state index is 0. The highest BCUT2D eigenvalue weighted by molar-refractivity contribution is 9.10. The number of ether oxygens (including phenoxy) is 1. The van der Waals surface area contributed by atoms with Crippen LogP contribution < -0.4 is 4.74 Å². The number of hydrogen-bond donors (Lipinski definition) is 0. The molecular weight excluding hydrogens is 340 g/mol. The first-order valence-electron chi connectivity index (χ1n) is 7.14. The van der Waals surface area contributed by atoms with Gasteiger partial charge in [-0.3, -0.25) is 4.79 Å². The molecule has 1 rings (SSSR count). The van der Waals surface area contributed by atoms with Crippen LogP contribution in [0.15, 0.2) is 28.7 Å². The SMILES string of the molecule is CCCCCC(CCC)C(=O)Oc1ccc(Br)cc1.Cl. The number of unbranched alkanes of at least 4 members (excludes halogenated alkanes) is 2. The summed E-state index contributed by atoms with van der Waals surface area (Å²) in [6.45, 7) is 4.29. The highest BCUT2D eigenvalue weighted by atomic mass is 79.9.